The summed E-state index contributed by atoms with van der Waals surface area (Å²) >= 11 is 7.10. The van der Waals surface area contributed by atoms with Crippen molar-refractivity contribution in [1.82, 2.24) is 5.32 Å². The van der Waals surface area contributed by atoms with Crippen LogP contribution in [-0.2, 0) is 17.4 Å². The molecule has 0 fully saturated rings. The molecular weight excluding hydrogens is 497 g/mol. The quantitative estimate of drug-likeness (QED) is 0.397. The summed E-state index contributed by atoms with van der Waals surface area (Å²) in [4.78, 5) is 28.1. The lowest BCUT2D eigenvalue weighted by atomic mass is 10.1. The Morgan fingerprint density at radius 2 is 1.74 bits per heavy atom. The minimum absolute atomic E-state index is 0.251. The third-order valence-electron chi connectivity index (χ3n) is 5.47. The van der Waals surface area contributed by atoms with E-state index in [9.17, 15) is 22.8 Å². The van der Waals surface area contributed by atoms with Crippen molar-refractivity contribution < 1.29 is 22.8 Å². The van der Waals surface area contributed by atoms with Crippen molar-refractivity contribution in [2.75, 3.05) is 18.5 Å². The highest BCUT2D eigenvalue weighted by molar-refractivity contribution is 8.04. The molecule has 0 aliphatic carbocycles. The summed E-state index contributed by atoms with van der Waals surface area (Å²) in [5.74, 6) is -0.554. The summed E-state index contributed by atoms with van der Waals surface area (Å²) in [6.07, 6.45) is -2.20. The van der Waals surface area contributed by atoms with Crippen molar-refractivity contribution in [2.24, 2.45) is 0 Å². The van der Waals surface area contributed by atoms with Crippen LogP contribution in [0.3, 0.4) is 0 Å². The van der Waals surface area contributed by atoms with Gasteiger partial charge in [-0.1, -0.05) is 47.6 Å². The van der Waals surface area contributed by atoms with Gasteiger partial charge in [0.15, 0.2) is 0 Å². The maximum absolute atomic E-state index is 12.9. The van der Waals surface area contributed by atoms with E-state index in [0.717, 1.165) is 22.6 Å². The second kappa shape index (κ2) is 10.2. The zero-order valence-electron chi connectivity index (χ0n) is 18.5. The molecule has 0 bridgehead atoms. The maximum Gasteiger partial charge on any atom is 0.416 e. The van der Waals surface area contributed by atoms with Crippen LogP contribution in [0.5, 0.6) is 0 Å². The van der Waals surface area contributed by atoms with E-state index in [0.29, 0.717) is 39.7 Å². The molecule has 0 atom stereocenters. The average molecular weight is 517 g/mol. The molecule has 1 aliphatic heterocycles. The Hall–Kier alpha value is -3.23. The maximum atomic E-state index is 12.9. The van der Waals surface area contributed by atoms with Crippen LogP contribution in [-0.4, -0.2) is 25.4 Å². The fourth-order valence-corrected chi connectivity index (χ4v) is 4.75. The van der Waals surface area contributed by atoms with Crippen LogP contribution in [0.25, 0.3) is 6.08 Å². The molecule has 3 aromatic rings. The molecule has 0 radical (unpaired) electrons. The Bertz CT molecular complexity index is 1290. The molecule has 2 amide bonds. The van der Waals surface area contributed by atoms with E-state index in [-0.39, 0.29) is 11.8 Å². The number of thioether (sulfide) groups is 1. The van der Waals surface area contributed by atoms with E-state index in [1.165, 1.54) is 28.8 Å². The van der Waals surface area contributed by atoms with Crippen molar-refractivity contribution in [2.45, 2.75) is 17.5 Å². The number of halogens is 4. The van der Waals surface area contributed by atoms with E-state index in [1.807, 2.05) is 12.1 Å². The lowest BCUT2D eigenvalue weighted by Gasteiger charge is -2.27. The lowest BCUT2D eigenvalue weighted by molar-refractivity contribution is -0.137. The van der Waals surface area contributed by atoms with E-state index in [2.05, 4.69) is 5.32 Å². The molecule has 1 aliphatic rings. The zero-order chi connectivity index (χ0) is 25.2. The first-order valence-corrected chi connectivity index (χ1v) is 11.8. The molecule has 0 aromatic heterocycles. The van der Waals surface area contributed by atoms with Gasteiger partial charge in [0.25, 0.3) is 11.8 Å². The molecule has 4 nitrogen and oxygen atoms in total. The van der Waals surface area contributed by atoms with Gasteiger partial charge in [-0.3, -0.25) is 9.59 Å². The van der Waals surface area contributed by atoms with Gasteiger partial charge in [0.1, 0.15) is 0 Å². The SMILES string of the molecule is CN1C(=O)C(=Cc2ccc(C(F)(F)F)cc2)Sc2ccc(C(=O)NCCc3ccc(Cl)cc3)cc21. The standard InChI is InChI=1S/C26H20ClF3N2O2S/c1-32-21-15-18(24(33)31-13-12-16-4-9-20(27)10-5-16)6-11-22(21)35-23(25(32)34)14-17-2-7-19(8-3-17)26(28,29)30/h2-11,14-15H,12-13H2,1H3,(H,31,33). The summed E-state index contributed by atoms with van der Waals surface area (Å²) in [7, 11) is 1.60. The average Bonchev–Trinajstić information content (AvgIpc) is 2.83. The number of hydrogen-bond acceptors (Lipinski definition) is 3. The second-order valence-electron chi connectivity index (χ2n) is 7.91. The highest BCUT2D eigenvalue weighted by Gasteiger charge is 2.30. The summed E-state index contributed by atoms with van der Waals surface area (Å²) in [5.41, 5.74) is 1.81. The number of likely N-dealkylation sites (N-methyl/N-ethyl adjacent to an activating group) is 1. The van der Waals surface area contributed by atoms with Gasteiger partial charge in [0.2, 0.25) is 0 Å². The largest absolute Gasteiger partial charge is 0.416 e. The molecule has 4 rings (SSSR count). The molecule has 9 heteroatoms. The van der Waals surface area contributed by atoms with Crippen LogP contribution in [0.4, 0.5) is 18.9 Å². The van der Waals surface area contributed by atoms with Gasteiger partial charge in [-0.2, -0.15) is 13.2 Å². The molecule has 0 saturated carbocycles. The number of nitrogens with zero attached hydrogens (tertiary/aromatic N) is 1. The number of amides is 2. The van der Waals surface area contributed by atoms with Crippen molar-refractivity contribution in [3.05, 3.63) is 98.9 Å². The topological polar surface area (TPSA) is 49.4 Å². The summed E-state index contributed by atoms with van der Waals surface area (Å²) in [6, 6.07) is 17.1. The van der Waals surface area contributed by atoms with Crippen molar-refractivity contribution in [1.29, 1.82) is 0 Å². The van der Waals surface area contributed by atoms with Crippen LogP contribution < -0.4 is 10.2 Å². The minimum atomic E-state index is -4.42. The monoisotopic (exact) mass is 516 g/mol. The van der Waals surface area contributed by atoms with Crippen LogP contribution >= 0.6 is 23.4 Å². The Kier molecular flexibility index (Phi) is 7.23. The fraction of sp³-hybridized carbons (Fsp3) is 0.154. The van der Waals surface area contributed by atoms with Crippen LogP contribution in [0.1, 0.15) is 27.0 Å². The molecule has 180 valence electrons. The van der Waals surface area contributed by atoms with E-state index < -0.39 is 11.7 Å². The van der Waals surface area contributed by atoms with Crippen molar-refractivity contribution >= 4 is 46.9 Å². The summed E-state index contributed by atoms with van der Waals surface area (Å²) in [6.45, 7) is 0.446. The molecule has 0 spiro atoms. The Morgan fingerprint density at radius 1 is 1.06 bits per heavy atom. The number of benzene rings is 3. The zero-order valence-corrected chi connectivity index (χ0v) is 20.1. The van der Waals surface area contributed by atoms with Crippen molar-refractivity contribution in [3.63, 3.8) is 0 Å². The van der Waals surface area contributed by atoms with Crippen LogP contribution in [0, 0.1) is 0 Å². The number of alkyl halides is 3. The van der Waals surface area contributed by atoms with Gasteiger partial charge in [-0.05, 0) is 66.1 Å². The van der Waals surface area contributed by atoms with E-state index >= 15 is 0 Å². The summed E-state index contributed by atoms with van der Waals surface area (Å²) < 4.78 is 38.4. The summed E-state index contributed by atoms with van der Waals surface area (Å²) in [5, 5.41) is 3.53. The number of fused-ring (bicyclic) bond motifs is 1. The predicted molar refractivity (Wildman–Crippen MR) is 133 cm³/mol. The third-order valence-corrected chi connectivity index (χ3v) is 6.80. The lowest BCUT2D eigenvalue weighted by Crippen LogP contribution is -2.31. The van der Waals surface area contributed by atoms with Crippen molar-refractivity contribution in [3.8, 4) is 0 Å². The minimum Gasteiger partial charge on any atom is -0.352 e. The van der Waals surface area contributed by atoms with Gasteiger partial charge in [-0.15, -0.1) is 0 Å². The normalized spacial score (nSPS) is 14.7. The number of hydrogen-bond donors (Lipinski definition) is 1. The molecule has 1 N–H and O–H groups in total. The van der Waals surface area contributed by atoms with E-state index in [1.54, 1.807) is 43.5 Å². The third kappa shape index (κ3) is 5.89. The first kappa shape index (κ1) is 24.9. The predicted octanol–water partition coefficient (Wildman–Crippen LogP) is 6.44. The van der Waals surface area contributed by atoms with Gasteiger partial charge in [0.05, 0.1) is 16.2 Å². The number of carbonyl (C=O) groups is 2. The van der Waals surface area contributed by atoms with Gasteiger partial charge in [0, 0.05) is 29.1 Å². The Morgan fingerprint density at radius 3 is 2.40 bits per heavy atom. The van der Waals surface area contributed by atoms with Gasteiger partial charge in [-0.25, -0.2) is 0 Å². The first-order valence-electron chi connectivity index (χ1n) is 10.6. The van der Waals surface area contributed by atoms with Gasteiger partial charge >= 0.3 is 6.18 Å². The Labute approximate surface area is 209 Å². The van der Waals surface area contributed by atoms with Crippen LogP contribution in [0.2, 0.25) is 5.02 Å². The number of carbonyl (C=O) groups excluding carboxylic acids is 2. The number of anilines is 1. The van der Waals surface area contributed by atoms with Gasteiger partial charge < -0.3 is 10.2 Å². The number of nitrogens with one attached hydrogen (secondary N) is 1. The molecule has 3 aromatic carbocycles. The smallest absolute Gasteiger partial charge is 0.352 e. The Balaban J connectivity index is 1.45. The first-order chi connectivity index (χ1) is 16.6. The molecule has 35 heavy (non-hydrogen) atoms. The molecule has 0 unspecified atom stereocenters. The number of rotatable bonds is 5. The van der Waals surface area contributed by atoms with E-state index in [4.69, 9.17) is 11.6 Å². The highest BCUT2D eigenvalue weighted by atomic mass is 35.5. The molecular formula is C26H20ClF3N2O2S. The molecule has 0 saturated heterocycles. The molecule has 1 heterocycles. The second-order valence-corrected chi connectivity index (χ2v) is 9.43. The highest BCUT2D eigenvalue weighted by Crippen LogP contribution is 2.42. The fourth-order valence-electron chi connectivity index (χ4n) is 3.53. The van der Waals surface area contributed by atoms with Crippen LogP contribution in [0.15, 0.2) is 76.5 Å².